The topological polar surface area (TPSA) is 29.3 Å². The molecule has 2 heteroatoms. The van der Waals surface area contributed by atoms with Crippen LogP contribution in [0.1, 0.15) is 33.6 Å². The molecule has 0 spiro atoms. The van der Waals surface area contributed by atoms with E-state index in [1.165, 1.54) is 39.5 Å². The number of hydrogen-bond donors (Lipinski definition) is 1. The molecule has 2 N–H and O–H groups in total. The molecule has 1 rings (SSSR count). The SMILES string of the molecule is CC.CCN1CCCC1.CN. The van der Waals surface area contributed by atoms with Gasteiger partial charge in [-0.25, -0.2) is 0 Å². The number of hydrogen-bond acceptors (Lipinski definition) is 2. The molecule has 0 aromatic heterocycles. The molecule has 0 saturated carbocycles. The number of likely N-dealkylation sites (tertiary alicyclic amines) is 1. The van der Waals surface area contributed by atoms with E-state index in [-0.39, 0.29) is 0 Å². The first-order chi connectivity index (χ1) is 5.43. The largest absolute Gasteiger partial charge is 0.333 e. The van der Waals surface area contributed by atoms with Crippen molar-refractivity contribution in [3.63, 3.8) is 0 Å². The third-order valence-electron chi connectivity index (χ3n) is 1.65. The van der Waals surface area contributed by atoms with Gasteiger partial charge in [-0.2, -0.15) is 0 Å². The maximum absolute atomic E-state index is 4.50. The van der Waals surface area contributed by atoms with Crippen molar-refractivity contribution in [1.29, 1.82) is 0 Å². The van der Waals surface area contributed by atoms with Crippen LogP contribution >= 0.6 is 0 Å². The summed E-state index contributed by atoms with van der Waals surface area (Å²) in [5.41, 5.74) is 4.50. The molecular weight excluding hydrogens is 136 g/mol. The maximum atomic E-state index is 4.50. The summed E-state index contributed by atoms with van der Waals surface area (Å²) in [7, 11) is 1.50. The molecule has 0 radical (unpaired) electrons. The monoisotopic (exact) mass is 160 g/mol. The fraction of sp³-hybridized carbons (Fsp3) is 1.00. The van der Waals surface area contributed by atoms with Gasteiger partial charge >= 0.3 is 0 Å². The first-order valence-corrected chi connectivity index (χ1v) is 4.73. The van der Waals surface area contributed by atoms with Gasteiger partial charge in [-0.15, -0.1) is 0 Å². The van der Waals surface area contributed by atoms with Gasteiger partial charge in [-0.05, 0) is 39.5 Å². The molecule has 11 heavy (non-hydrogen) atoms. The summed E-state index contributed by atoms with van der Waals surface area (Å²) in [4.78, 5) is 2.49. The van der Waals surface area contributed by atoms with Gasteiger partial charge in [0.15, 0.2) is 0 Å². The smallest absolute Gasteiger partial charge is 0.00184 e. The zero-order chi connectivity index (χ0) is 9.11. The molecule has 0 unspecified atom stereocenters. The van der Waals surface area contributed by atoms with Crippen LogP contribution < -0.4 is 5.73 Å². The summed E-state index contributed by atoms with van der Waals surface area (Å²) < 4.78 is 0. The lowest BCUT2D eigenvalue weighted by Crippen LogP contribution is -2.17. The Kier molecular flexibility index (Phi) is 15.4. The Morgan fingerprint density at radius 2 is 1.45 bits per heavy atom. The summed E-state index contributed by atoms with van der Waals surface area (Å²) in [5, 5.41) is 0. The molecule has 70 valence electrons. The van der Waals surface area contributed by atoms with Crippen molar-refractivity contribution in [3.8, 4) is 0 Å². The summed E-state index contributed by atoms with van der Waals surface area (Å²) in [6, 6.07) is 0. The predicted molar refractivity (Wildman–Crippen MR) is 52.8 cm³/mol. The normalized spacial score (nSPS) is 16.1. The van der Waals surface area contributed by atoms with Crippen molar-refractivity contribution in [2.24, 2.45) is 5.73 Å². The lowest BCUT2D eigenvalue weighted by molar-refractivity contribution is 0.359. The molecule has 0 aromatic rings. The molecule has 1 aliphatic rings. The van der Waals surface area contributed by atoms with Crippen LogP contribution in [-0.4, -0.2) is 31.6 Å². The molecule has 0 amide bonds. The van der Waals surface area contributed by atoms with Crippen LogP contribution in [0.2, 0.25) is 0 Å². The predicted octanol–water partition coefficient (Wildman–Crippen LogP) is 1.70. The molecular formula is C9H24N2. The maximum Gasteiger partial charge on any atom is -0.00184 e. The van der Waals surface area contributed by atoms with E-state index < -0.39 is 0 Å². The number of rotatable bonds is 1. The first-order valence-electron chi connectivity index (χ1n) is 4.73. The highest BCUT2D eigenvalue weighted by Crippen LogP contribution is 2.04. The highest BCUT2D eigenvalue weighted by atomic mass is 15.1. The molecule has 0 aromatic carbocycles. The molecule has 0 atom stereocenters. The van der Waals surface area contributed by atoms with E-state index in [9.17, 15) is 0 Å². The van der Waals surface area contributed by atoms with Crippen LogP contribution in [-0.2, 0) is 0 Å². The van der Waals surface area contributed by atoms with Gasteiger partial charge in [0, 0.05) is 0 Å². The molecule has 0 aliphatic carbocycles. The third-order valence-corrected chi connectivity index (χ3v) is 1.65. The molecule has 0 bridgehead atoms. The van der Waals surface area contributed by atoms with Crippen molar-refractivity contribution in [2.75, 3.05) is 26.7 Å². The van der Waals surface area contributed by atoms with Crippen LogP contribution in [0.5, 0.6) is 0 Å². The molecule has 1 heterocycles. The first kappa shape index (κ1) is 13.5. The second-order valence-corrected chi connectivity index (χ2v) is 2.14. The average Bonchev–Trinajstić information content (AvgIpc) is 2.63. The van der Waals surface area contributed by atoms with Crippen molar-refractivity contribution < 1.29 is 0 Å². The fourth-order valence-corrected chi connectivity index (χ4v) is 1.10. The van der Waals surface area contributed by atoms with Crippen LogP contribution in [0.4, 0.5) is 0 Å². The molecule has 1 saturated heterocycles. The summed E-state index contributed by atoms with van der Waals surface area (Å²) in [6.45, 7) is 10.2. The van der Waals surface area contributed by atoms with E-state index in [0.717, 1.165) is 0 Å². The van der Waals surface area contributed by atoms with Crippen LogP contribution in [0.3, 0.4) is 0 Å². The summed E-state index contributed by atoms with van der Waals surface area (Å²) in [6.07, 6.45) is 2.85. The minimum absolute atomic E-state index is 1.25. The van der Waals surface area contributed by atoms with Crippen LogP contribution in [0.25, 0.3) is 0 Å². The molecule has 1 aliphatic heterocycles. The Hall–Kier alpha value is -0.0800. The Bertz CT molecular complexity index is 49.5. The van der Waals surface area contributed by atoms with E-state index in [4.69, 9.17) is 0 Å². The zero-order valence-corrected chi connectivity index (χ0v) is 8.56. The van der Waals surface area contributed by atoms with E-state index in [2.05, 4.69) is 17.6 Å². The van der Waals surface area contributed by atoms with Crippen molar-refractivity contribution in [1.82, 2.24) is 4.90 Å². The highest BCUT2D eigenvalue weighted by molar-refractivity contribution is 4.62. The van der Waals surface area contributed by atoms with Crippen molar-refractivity contribution in [3.05, 3.63) is 0 Å². The second-order valence-electron chi connectivity index (χ2n) is 2.14. The Morgan fingerprint density at radius 1 is 1.09 bits per heavy atom. The van der Waals surface area contributed by atoms with Gasteiger partial charge in [0.05, 0.1) is 0 Å². The fourth-order valence-electron chi connectivity index (χ4n) is 1.10. The molecule has 2 nitrogen and oxygen atoms in total. The van der Waals surface area contributed by atoms with Crippen LogP contribution in [0.15, 0.2) is 0 Å². The average molecular weight is 160 g/mol. The van der Waals surface area contributed by atoms with Crippen molar-refractivity contribution in [2.45, 2.75) is 33.6 Å². The number of nitrogens with two attached hydrogens (primary N) is 1. The number of nitrogens with zero attached hydrogens (tertiary/aromatic N) is 1. The minimum Gasteiger partial charge on any atom is -0.333 e. The quantitative estimate of drug-likeness (QED) is 0.632. The van der Waals surface area contributed by atoms with Crippen LogP contribution in [0, 0.1) is 0 Å². The lowest BCUT2D eigenvalue weighted by Gasteiger charge is -2.08. The van der Waals surface area contributed by atoms with Gasteiger partial charge in [0.2, 0.25) is 0 Å². The highest BCUT2D eigenvalue weighted by Gasteiger charge is 2.06. The Labute approximate surface area is 71.8 Å². The molecule has 1 fully saturated rings. The minimum atomic E-state index is 1.25. The van der Waals surface area contributed by atoms with Gasteiger partial charge < -0.3 is 10.6 Å². The second kappa shape index (κ2) is 12.6. The lowest BCUT2D eigenvalue weighted by atomic mass is 10.4. The van der Waals surface area contributed by atoms with Gasteiger partial charge in [-0.1, -0.05) is 20.8 Å². The van der Waals surface area contributed by atoms with E-state index >= 15 is 0 Å². The Morgan fingerprint density at radius 3 is 1.64 bits per heavy atom. The summed E-state index contributed by atoms with van der Waals surface area (Å²) >= 11 is 0. The third kappa shape index (κ3) is 7.82. The van der Waals surface area contributed by atoms with Crippen molar-refractivity contribution >= 4 is 0 Å². The Balaban J connectivity index is 0. The van der Waals surface area contributed by atoms with Gasteiger partial charge in [0.1, 0.15) is 0 Å². The van der Waals surface area contributed by atoms with E-state index in [0.29, 0.717) is 0 Å². The van der Waals surface area contributed by atoms with Gasteiger partial charge in [-0.3, -0.25) is 0 Å². The van der Waals surface area contributed by atoms with Gasteiger partial charge in [0.25, 0.3) is 0 Å². The van der Waals surface area contributed by atoms with E-state index in [1.54, 1.807) is 0 Å². The summed E-state index contributed by atoms with van der Waals surface area (Å²) in [5.74, 6) is 0. The zero-order valence-electron chi connectivity index (χ0n) is 8.56. The standard InChI is InChI=1S/C6H13N.C2H6.CH5N/c1-2-7-5-3-4-6-7;2*1-2/h2-6H2,1H3;1-2H3;2H2,1H3. The van der Waals surface area contributed by atoms with E-state index in [1.807, 2.05) is 13.8 Å².